The van der Waals surface area contributed by atoms with Crippen LogP contribution in [-0.4, -0.2) is 21.4 Å². The van der Waals surface area contributed by atoms with Crippen LogP contribution in [0.1, 0.15) is 12.8 Å². The molecule has 5 heteroatoms. The van der Waals surface area contributed by atoms with Crippen LogP contribution in [0.25, 0.3) is 11.0 Å². The molecule has 0 spiro atoms. The second-order valence-electron chi connectivity index (χ2n) is 3.77. The SMILES string of the molecule is Cn1cnc2cc(OC(=O)CCCCl)ccc21. The Morgan fingerprint density at radius 3 is 3.12 bits per heavy atom. The van der Waals surface area contributed by atoms with Gasteiger partial charge in [0.1, 0.15) is 5.75 Å². The lowest BCUT2D eigenvalue weighted by molar-refractivity contribution is -0.134. The fraction of sp³-hybridized carbons (Fsp3) is 0.333. The molecule has 0 unspecified atom stereocenters. The predicted molar refractivity (Wildman–Crippen MR) is 66.3 cm³/mol. The molecule has 2 aromatic rings. The second kappa shape index (κ2) is 5.19. The van der Waals surface area contributed by atoms with Crippen LogP contribution in [0.15, 0.2) is 24.5 Å². The minimum Gasteiger partial charge on any atom is -0.426 e. The van der Waals surface area contributed by atoms with Gasteiger partial charge in [0.2, 0.25) is 0 Å². The van der Waals surface area contributed by atoms with Gasteiger partial charge in [0.05, 0.1) is 17.4 Å². The number of imidazole rings is 1. The zero-order valence-corrected chi connectivity index (χ0v) is 10.3. The number of aromatic nitrogens is 2. The topological polar surface area (TPSA) is 44.1 Å². The predicted octanol–water partition coefficient (Wildman–Crippen LogP) is 2.50. The zero-order chi connectivity index (χ0) is 12.3. The van der Waals surface area contributed by atoms with E-state index in [4.69, 9.17) is 16.3 Å². The van der Waals surface area contributed by atoms with Crippen LogP contribution in [-0.2, 0) is 11.8 Å². The van der Waals surface area contributed by atoms with Crippen molar-refractivity contribution in [2.24, 2.45) is 7.05 Å². The first-order valence-corrected chi connectivity index (χ1v) is 5.92. The molecular weight excluding hydrogens is 240 g/mol. The number of ether oxygens (including phenoxy) is 1. The van der Waals surface area contributed by atoms with Crippen LogP contribution in [0.3, 0.4) is 0 Å². The van der Waals surface area contributed by atoms with Gasteiger partial charge in [-0.05, 0) is 18.6 Å². The maximum absolute atomic E-state index is 11.4. The third-order valence-electron chi connectivity index (χ3n) is 2.44. The number of carbonyl (C=O) groups is 1. The van der Waals surface area contributed by atoms with E-state index in [-0.39, 0.29) is 5.97 Å². The van der Waals surface area contributed by atoms with Crippen molar-refractivity contribution in [2.45, 2.75) is 12.8 Å². The first kappa shape index (κ1) is 11.9. The van der Waals surface area contributed by atoms with Gasteiger partial charge in [0.25, 0.3) is 0 Å². The normalized spacial score (nSPS) is 10.7. The Morgan fingerprint density at radius 2 is 2.35 bits per heavy atom. The molecule has 0 saturated heterocycles. The third-order valence-corrected chi connectivity index (χ3v) is 2.71. The smallest absolute Gasteiger partial charge is 0.311 e. The Balaban J connectivity index is 2.11. The minimum atomic E-state index is -0.263. The quantitative estimate of drug-likeness (QED) is 0.477. The van der Waals surface area contributed by atoms with E-state index < -0.39 is 0 Å². The van der Waals surface area contributed by atoms with Crippen molar-refractivity contribution in [3.63, 3.8) is 0 Å². The minimum absolute atomic E-state index is 0.263. The Bertz CT molecular complexity index is 536. The molecular formula is C12H13ClN2O2. The van der Waals surface area contributed by atoms with Gasteiger partial charge in [-0.25, -0.2) is 4.98 Å². The van der Waals surface area contributed by atoms with Gasteiger partial charge in [-0.1, -0.05) is 0 Å². The fourth-order valence-electron chi connectivity index (χ4n) is 1.57. The summed E-state index contributed by atoms with van der Waals surface area (Å²) < 4.78 is 7.10. The van der Waals surface area contributed by atoms with Crippen LogP contribution in [0, 0.1) is 0 Å². The summed E-state index contributed by atoms with van der Waals surface area (Å²) in [5.74, 6) is 0.727. The van der Waals surface area contributed by atoms with Crippen molar-refractivity contribution in [1.82, 2.24) is 9.55 Å². The average Bonchev–Trinajstić information content (AvgIpc) is 2.68. The number of alkyl halides is 1. The molecule has 2 rings (SSSR count). The van der Waals surface area contributed by atoms with Gasteiger partial charge < -0.3 is 9.30 Å². The summed E-state index contributed by atoms with van der Waals surface area (Å²) in [7, 11) is 1.92. The van der Waals surface area contributed by atoms with E-state index in [1.807, 2.05) is 17.7 Å². The second-order valence-corrected chi connectivity index (χ2v) is 4.15. The van der Waals surface area contributed by atoms with Crippen molar-refractivity contribution in [3.05, 3.63) is 24.5 Å². The van der Waals surface area contributed by atoms with Crippen molar-refractivity contribution in [2.75, 3.05) is 5.88 Å². The summed E-state index contributed by atoms with van der Waals surface area (Å²) in [6.07, 6.45) is 2.69. The van der Waals surface area contributed by atoms with E-state index in [2.05, 4.69) is 4.98 Å². The highest BCUT2D eigenvalue weighted by atomic mass is 35.5. The zero-order valence-electron chi connectivity index (χ0n) is 9.52. The Labute approximate surface area is 104 Å². The number of hydrogen-bond donors (Lipinski definition) is 0. The highest BCUT2D eigenvalue weighted by Gasteiger charge is 2.06. The first-order valence-electron chi connectivity index (χ1n) is 5.38. The molecule has 1 heterocycles. The summed E-state index contributed by atoms with van der Waals surface area (Å²) in [4.78, 5) is 15.6. The van der Waals surface area contributed by atoms with Crippen LogP contribution in [0.5, 0.6) is 5.75 Å². The Morgan fingerprint density at radius 1 is 1.53 bits per heavy atom. The molecule has 4 nitrogen and oxygen atoms in total. The Hall–Kier alpha value is -1.55. The maximum atomic E-state index is 11.4. The van der Waals surface area contributed by atoms with E-state index in [1.165, 1.54) is 0 Å². The molecule has 0 atom stereocenters. The molecule has 0 aliphatic carbocycles. The number of aryl methyl sites for hydroxylation is 1. The third kappa shape index (κ3) is 2.77. The molecule has 0 saturated carbocycles. The standard InChI is InChI=1S/C12H13ClN2O2/c1-15-8-14-10-7-9(4-5-11(10)15)17-12(16)3-2-6-13/h4-5,7-8H,2-3,6H2,1H3. The monoisotopic (exact) mass is 252 g/mol. The van der Waals surface area contributed by atoms with Gasteiger partial charge in [-0.3, -0.25) is 4.79 Å². The van der Waals surface area contributed by atoms with Gasteiger partial charge in [0, 0.05) is 25.4 Å². The van der Waals surface area contributed by atoms with E-state index in [0.717, 1.165) is 11.0 Å². The number of hydrogen-bond acceptors (Lipinski definition) is 3. The maximum Gasteiger partial charge on any atom is 0.311 e. The molecule has 1 aromatic carbocycles. The molecule has 0 radical (unpaired) electrons. The molecule has 0 aliphatic heterocycles. The largest absolute Gasteiger partial charge is 0.426 e. The number of benzene rings is 1. The fourth-order valence-corrected chi connectivity index (χ4v) is 1.71. The van der Waals surface area contributed by atoms with Crippen molar-refractivity contribution in [3.8, 4) is 5.75 Å². The van der Waals surface area contributed by atoms with E-state index in [1.54, 1.807) is 18.5 Å². The lowest BCUT2D eigenvalue weighted by Crippen LogP contribution is -2.07. The van der Waals surface area contributed by atoms with Crippen LogP contribution in [0.2, 0.25) is 0 Å². The van der Waals surface area contributed by atoms with Crippen LogP contribution in [0.4, 0.5) is 0 Å². The van der Waals surface area contributed by atoms with Gasteiger partial charge in [0.15, 0.2) is 0 Å². The molecule has 0 N–H and O–H groups in total. The van der Waals surface area contributed by atoms with E-state index in [9.17, 15) is 4.79 Å². The van der Waals surface area contributed by atoms with Crippen LogP contribution < -0.4 is 4.74 Å². The first-order chi connectivity index (χ1) is 8.20. The molecule has 17 heavy (non-hydrogen) atoms. The number of fused-ring (bicyclic) bond motifs is 1. The molecule has 90 valence electrons. The number of rotatable bonds is 4. The summed E-state index contributed by atoms with van der Waals surface area (Å²) in [6.45, 7) is 0. The van der Waals surface area contributed by atoms with Crippen LogP contribution >= 0.6 is 11.6 Å². The van der Waals surface area contributed by atoms with Crippen molar-refractivity contribution in [1.29, 1.82) is 0 Å². The summed E-state index contributed by atoms with van der Waals surface area (Å²) >= 11 is 5.51. The van der Waals surface area contributed by atoms with Crippen molar-refractivity contribution >= 4 is 28.6 Å². The summed E-state index contributed by atoms with van der Waals surface area (Å²) in [5.41, 5.74) is 1.82. The average molecular weight is 253 g/mol. The summed E-state index contributed by atoms with van der Waals surface area (Å²) in [6, 6.07) is 5.41. The Kier molecular flexibility index (Phi) is 3.64. The molecule has 0 aliphatic rings. The highest BCUT2D eigenvalue weighted by molar-refractivity contribution is 6.17. The highest BCUT2D eigenvalue weighted by Crippen LogP contribution is 2.19. The molecule has 0 fully saturated rings. The van der Waals surface area contributed by atoms with Gasteiger partial charge in [-0.15, -0.1) is 11.6 Å². The van der Waals surface area contributed by atoms with Gasteiger partial charge in [-0.2, -0.15) is 0 Å². The number of halogens is 1. The molecule has 0 bridgehead atoms. The number of nitrogens with zero attached hydrogens (tertiary/aromatic N) is 2. The molecule has 1 aromatic heterocycles. The van der Waals surface area contributed by atoms with Crippen molar-refractivity contribution < 1.29 is 9.53 Å². The van der Waals surface area contributed by atoms with E-state index in [0.29, 0.717) is 24.5 Å². The van der Waals surface area contributed by atoms with E-state index >= 15 is 0 Å². The lowest BCUT2D eigenvalue weighted by atomic mass is 10.3. The number of esters is 1. The lowest BCUT2D eigenvalue weighted by Gasteiger charge is -2.03. The van der Waals surface area contributed by atoms with Gasteiger partial charge >= 0.3 is 5.97 Å². The molecule has 0 amide bonds. The number of carbonyl (C=O) groups excluding carboxylic acids is 1. The summed E-state index contributed by atoms with van der Waals surface area (Å²) in [5, 5.41) is 0.